The number of piperazine rings is 2. The van der Waals surface area contributed by atoms with E-state index >= 15 is 0 Å². The van der Waals surface area contributed by atoms with Crippen LogP contribution in [0, 0.1) is 47.9 Å². The standard InChI is InChI=1S/C30H29N7O3.C28H27N7O3.C2H.ClH.Mg/c1-4-30(2,38)19-40-25-10-26(29-22(11-31)14-34-37(29)18-25)21-6-7-27(32-13-21)35-16-23-9-24(17-35)36(23)15-20-5-8-28(39-3)33-12-20;1-18(36)17-38-24-8-25(28-21(9-29)12-32-35(28)16-24)20-4-5-26(30-11-20)33-14-22-7-23(15-33)34(22)13-19-3-6-27(37-2)31-10-19;1-2;;/h1,5-8,10,12-14,18,23-24,38H,9,15-17,19H2,2-3H3;3-6,8,10-12,16,22-23H,7,13-15,17H2,1-2H3;1H;1H;/q;;-1;;+2/p-1. The van der Waals surface area contributed by atoms with E-state index in [9.17, 15) is 20.4 Å². The van der Waals surface area contributed by atoms with Crippen LogP contribution in [0.5, 0.6) is 23.3 Å². The Morgan fingerprint density at radius 2 is 1.12 bits per heavy atom. The summed E-state index contributed by atoms with van der Waals surface area (Å²) in [6, 6.07) is 26.0. The quantitative estimate of drug-likeness (QED) is 0.0835. The van der Waals surface area contributed by atoms with Crippen LogP contribution in [0.4, 0.5) is 11.6 Å². The Labute approximate surface area is 497 Å². The summed E-state index contributed by atoms with van der Waals surface area (Å²) in [5.74, 6) is 6.32. The number of terminal acetylenes is 2. The summed E-state index contributed by atoms with van der Waals surface area (Å²) >= 11 is 0. The van der Waals surface area contributed by atoms with Crippen molar-refractivity contribution in [2.45, 2.75) is 69.5 Å². The van der Waals surface area contributed by atoms with Gasteiger partial charge in [-0.05, 0) is 74.2 Å². The van der Waals surface area contributed by atoms with Crippen LogP contribution in [-0.2, 0) is 17.9 Å². The number of fused-ring (bicyclic) bond motifs is 6. The Hall–Kier alpha value is -8.51. The van der Waals surface area contributed by atoms with E-state index < -0.39 is 5.60 Å². The van der Waals surface area contributed by atoms with Gasteiger partial charge in [0.25, 0.3) is 0 Å². The second kappa shape index (κ2) is 25.9. The van der Waals surface area contributed by atoms with Crippen LogP contribution < -0.4 is 41.2 Å². The zero-order chi connectivity index (χ0) is 56.1. The first-order valence-corrected chi connectivity index (χ1v) is 25.9. The van der Waals surface area contributed by atoms with Gasteiger partial charge in [0.15, 0.2) is 11.4 Å². The number of ether oxygens (including phenoxy) is 4. The maximum absolute atomic E-state index is 11.4. The molecule has 4 bridgehead atoms. The average Bonchev–Trinajstić information content (AvgIpc) is 4.26. The normalized spacial score (nSPS) is 18.3. The molecule has 82 heavy (non-hydrogen) atoms. The van der Waals surface area contributed by atoms with Gasteiger partial charge in [0.2, 0.25) is 11.8 Å². The van der Waals surface area contributed by atoms with Gasteiger partial charge in [-0.2, -0.15) is 20.7 Å². The summed E-state index contributed by atoms with van der Waals surface area (Å²) in [5.41, 5.74) is 6.43. The minimum atomic E-state index is -1.41. The number of hydrogen-bond acceptors (Lipinski definition) is 18. The maximum atomic E-state index is 11.4. The number of aromatic nitrogens is 8. The Bertz CT molecular complexity index is 3660. The van der Waals surface area contributed by atoms with Crippen molar-refractivity contribution in [1.29, 1.82) is 10.5 Å². The first kappa shape index (κ1) is 59.6. The Kier molecular flexibility index (Phi) is 18.9. The number of nitriles is 2. The molecule has 20 nitrogen and oxygen atoms in total. The molecule has 0 saturated carbocycles. The molecule has 14 rings (SSSR count). The molecule has 8 aromatic rings. The van der Waals surface area contributed by atoms with Crippen molar-refractivity contribution in [2.75, 3.05) is 63.4 Å². The van der Waals surface area contributed by atoms with Gasteiger partial charge in [-0.3, -0.25) is 14.6 Å². The Balaban J connectivity index is 0.000000204. The molecule has 0 amide bonds. The zero-order valence-electron chi connectivity index (χ0n) is 45.8. The second-order valence-electron chi connectivity index (χ2n) is 20.3. The van der Waals surface area contributed by atoms with Gasteiger partial charge < -0.3 is 59.1 Å². The fraction of sp³-hybridized carbons (Fsp3) is 0.317. The number of anilines is 2. The number of aliphatic hydroxyl groups is 1. The van der Waals surface area contributed by atoms with Crippen LogP contribution in [0.15, 0.2) is 110 Å². The third-order valence-corrected chi connectivity index (χ3v) is 14.9. The Morgan fingerprint density at radius 1 is 0.683 bits per heavy atom. The van der Waals surface area contributed by atoms with E-state index in [4.69, 9.17) is 41.8 Å². The number of carbonyl (C=O) groups excluding carboxylic acids is 1. The molecule has 5 atom stereocenters. The van der Waals surface area contributed by atoms with Crippen LogP contribution in [0.3, 0.4) is 0 Å². The predicted molar refractivity (Wildman–Crippen MR) is 303 cm³/mol. The minimum Gasteiger partial charge on any atom is -1.00 e. The summed E-state index contributed by atoms with van der Waals surface area (Å²) < 4.78 is 25.0. The number of Topliss-reactive ketones (excluding diaryl/α,β-unsaturated/α-hetero) is 1. The van der Waals surface area contributed by atoms with E-state index in [1.807, 2.05) is 73.3 Å². The van der Waals surface area contributed by atoms with Crippen molar-refractivity contribution in [2.24, 2.45) is 0 Å². The third kappa shape index (κ3) is 12.7. The molecular formula is C60H57ClMgN14O6. The maximum Gasteiger partial charge on any atom is 2.00 e. The van der Waals surface area contributed by atoms with Crippen molar-refractivity contribution < 1.29 is 41.3 Å². The van der Waals surface area contributed by atoms with Crippen LogP contribution in [0.2, 0.25) is 0 Å². The molecule has 1 N–H and O–H groups in total. The minimum absolute atomic E-state index is 0. The number of pyridine rings is 6. The number of methoxy groups -OCH3 is 2. The van der Waals surface area contributed by atoms with Crippen molar-refractivity contribution in [3.63, 3.8) is 0 Å². The van der Waals surface area contributed by atoms with Crippen LogP contribution in [-0.4, -0.2) is 166 Å². The van der Waals surface area contributed by atoms with E-state index in [0.717, 1.165) is 73.2 Å². The number of hydrogen-bond donors (Lipinski definition) is 1. The van der Waals surface area contributed by atoms with Gasteiger partial charge in [-0.25, -0.2) is 29.0 Å². The molecule has 6 fully saturated rings. The number of rotatable bonds is 16. The molecular weight excluding hydrogens is 1070 g/mol. The third-order valence-electron chi connectivity index (χ3n) is 14.9. The van der Waals surface area contributed by atoms with Crippen molar-refractivity contribution >= 4 is 51.5 Å². The van der Waals surface area contributed by atoms with Crippen LogP contribution in [0.1, 0.15) is 48.9 Å². The number of piperidine rings is 2. The van der Waals surface area contributed by atoms with Gasteiger partial charge >= 0.3 is 23.1 Å². The molecule has 14 heterocycles. The molecule has 0 aromatic carbocycles. The van der Waals surface area contributed by atoms with Crippen molar-refractivity contribution in [1.82, 2.24) is 49.0 Å². The molecule has 0 aliphatic carbocycles. The van der Waals surface area contributed by atoms with Gasteiger partial charge in [0, 0.05) is 123 Å². The predicted octanol–water partition coefficient (Wildman–Crippen LogP) is 2.83. The second-order valence-corrected chi connectivity index (χ2v) is 20.3. The number of halogens is 1. The van der Waals surface area contributed by atoms with E-state index in [1.54, 1.807) is 35.6 Å². The molecule has 0 spiro atoms. The summed E-state index contributed by atoms with van der Waals surface area (Å²) in [6.07, 6.45) is 30.6. The molecule has 22 heteroatoms. The fourth-order valence-corrected chi connectivity index (χ4v) is 10.8. The van der Waals surface area contributed by atoms with Gasteiger partial charge in [0.05, 0.1) is 61.2 Å². The summed E-state index contributed by atoms with van der Waals surface area (Å²) in [5, 5.41) is 38.0. The zero-order valence-corrected chi connectivity index (χ0v) is 47.9. The van der Waals surface area contributed by atoms with E-state index in [1.165, 1.54) is 50.2 Å². The molecule has 6 aliphatic heterocycles. The van der Waals surface area contributed by atoms with E-state index in [-0.39, 0.29) is 54.5 Å². The number of nitrogens with zero attached hydrogens (tertiary/aromatic N) is 14. The van der Waals surface area contributed by atoms with Crippen LogP contribution in [0.25, 0.3) is 33.3 Å². The van der Waals surface area contributed by atoms with Crippen molar-refractivity contribution in [3.05, 3.63) is 139 Å². The molecule has 6 saturated heterocycles. The fourth-order valence-electron chi connectivity index (χ4n) is 10.8. The number of ketones is 1. The topological polar surface area (TPSA) is 221 Å². The summed E-state index contributed by atoms with van der Waals surface area (Å²) in [7, 11) is 3.25. The molecule has 8 aromatic heterocycles. The molecule has 5 unspecified atom stereocenters. The molecule has 0 radical (unpaired) electrons. The van der Waals surface area contributed by atoms with Crippen LogP contribution >= 0.6 is 0 Å². The van der Waals surface area contributed by atoms with E-state index in [0.29, 0.717) is 69.6 Å². The molecule has 6 aliphatic rings. The van der Waals surface area contributed by atoms with Gasteiger partial charge in [-0.15, -0.1) is 6.42 Å². The SMILES string of the molecule is C#CC(C)(O)COc1cc(-c2ccc(N3CC4CC(C3)N4Cc3ccc(OC)nc3)nc2)c2c(C#N)cnn2c1.COc1ccc(CN2C3CC2CN(c2ccc(-c4cc(OCC(C)=O)cn5ncc(C#N)c45)cn2)C3)cn1.[C-]#C.[Cl-].[Mg+2]. The Morgan fingerprint density at radius 3 is 1.48 bits per heavy atom. The van der Waals surface area contributed by atoms with Crippen molar-refractivity contribution in [3.8, 4) is 76.4 Å². The van der Waals surface area contributed by atoms with Gasteiger partial charge in [0.1, 0.15) is 48.5 Å². The molecule has 412 valence electrons. The first-order chi connectivity index (χ1) is 38.9. The number of carbonyl (C=O) groups is 1. The van der Waals surface area contributed by atoms with E-state index in [2.05, 4.69) is 76.4 Å². The largest absolute Gasteiger partial charge is 2.00 e. The monoisotopic (exact) mass is 1130 g/mol. The summed E-state index contributed by atoms with van der Waals surface area (Å²) in [4.78, 5) is 39.4. The van der Waals surface area contributed by atoms with Gasteiger partial charge in [-0.1, -0.05) is 18.1 Å². The smallest absolute Gasteiger partial charge is 1.00 e. The summed E-state index contributed by atoms with van der Waals surface area (Å²) in [6.45, 7) is 8.31. The first-order valence-electron chi connectivity index (χ1n) is 25.9. The average molecular weight is 1130 g/mol.